The van der Waals surface area contributed by atoms with Crippen molar-refractivity contribution in [3.8, 4) is 28.4 Å². The number of methoxy groups -OCH3 is 2. The number of para-hydroxylation sites is 2. The molecule has 5 rings (SSSR count). The molecule has 6 nitrogen and oxygen atoms in total. The summed E-state index contributed by atoms with van der Waals surface area (Å²) in [6.45, 7) is 2.03. The average Bonchev–Trinajstić information content (AvgIpc) is 2.94. The lowest BCUT2D eigenvalue weighted by molar-refractivity contribution is -0.155. The Labute approximate surface area is 233 Å². The summed E-state index contributed by atoms with van der Waals surface area (Å²) >= 11 is 0. The van der Waals surface area contributed by atoms with Gasteiger partial charge in [0.15, 0.2) is 0 Å². The second-order valence-electron chi connectivity index (χ2n) is 9.48. The number of carboxylic acids is 1. The van der Waals surface area contributed by atoms with Crippen molar-refractivity contribution in [2.45, 2.75) is 19.3 Å². The molecule has 3 atom stereocenters. The molecule has 7 heteroatoms. The van der Waals surface area contributed by atoms with Crippen LogP contribution in [0, 0.1) is 24.6 Å². The number of hydrogen-bond donors (Lipinski definition) is 1. The second kappa shape index (κ2) is 12.9. The van der Waals surface area contributed by atoms with Crippen molar-refractivity contribution in [2.75, 3.05) is 14.2 Å². The molecule has 206 valence electrons. The van der Waals surface area contributed by atoms with Gasteiger partial charge in [0.25, 0.3) is 0 Å². The first kappa shape index (κ1) is 28.4. The average molecular weight is 543 g/mol. The first-order valence-electron chi connectivity index (χ1n) is 12.9. The van der Waals surface area contributed by atoms with E-state index in [9.17, 15) is 19.1 Å². The molecule has 0 spiro atoms. The number of carbonyl (C=O) groups excluding carboxylic acids is 1. The molecule has 0 amide bonds. The number of rotatable bonds is 7. The van der Waals surface area contributed by atoms with Crippen LogP contribution in [0.25, 0.3) is 11.1 Å². The van der Waals surface area contributed by atoms with Crippen molar-refractivity contribution in [3.63, 3.8) is 0 Å². The van der Waals surface area contributed by atoms with E-state index in [-0.39, 0.29) is 12.2 Å². The predicted octanol–water partition coefficient (Wildman–Crippen LogP) is 6.91. The highest BCUT2D eigenvalue weighted by Crippen LogP contribution is 2.51. The largest absolute Gasteiger partial charge is 0.496 e. The van der Waals surface area contributed by atoms with E-state index in [4.69, 9.17) is 14.2 Å². The van der Waals surface area contributed by atoms with Crippen LogP contribution >= 0.6 is 0 Å². The Kier molecular flexibility index (Phi) is 9.17. The Bertz CT molecular complexity index is 1470. The fraction of sp³-hybridized carbons (Fsp3) is 0.212. The minimum Gasteiger partial charge on any atom is -0.496 e. The molecule has 0 saturated heterocycles. The molecule has 1 aliphatic carbocycles. The number of ether oxygens (including phenoxy) is 3. The molecule has 1 N–H and O–H groups in total. The number of aryl methyl sites for hydroxylation is 1. The topological polar surface area (TPSA) is 82.1 Å². The van der Waals surface area contributed by atoms with Crippen LogP contribution in [-0.4, -0.2) is 31.3 Å². The second-order valence-corrected chi connectivity index (χ2v) is 9.48. The van der Waals surface area contributed by atoms with Crippen molar-refractivity contribution in [3.05, 3.63) is 114 Å². The van der Waals surface area contributed by atoms with Gasteiger partial charge in [-0.25, -0.2) is 4.39 Å². The van der Waals surface area contributed by atoms with Gasteiger partial charge in [-0.3, -0.25) is 9.59 Å². The van der Waals surface area contributed by atoms with Crippen molar-refractivity contribution in [1.82, 2.24) is 0 Å². The minimum atomic E-state index is -0.946. The third kappa shape index (κ3) is 6.49. The molecule has 1 fully saturated rings. The summed E-state index contributed by atoms with van der Waals surface area (Å²) < 4.78 is 29.2. The molecule has 1 saturated carbocycles. The summed E-state index contributed by atoms with van der Waals surface area (Å²) in [5.41, 5.74) is 3.44. The van der Waals surface area contributed by atoms with Gasteiger partial charge in [0.1, 0.15) is 23.1 Å². The zero-order chi connectivity index (χ0) is 28.6. The predicted molar refractivity (Wildman–Crippen MR) is 150 cm³/mol. The number of carboxylic acid groups (broad SMARTS) is 1. The molecule has 0 aliphatic heterocycles. The maximum atomic E-state index is 13.2. The molecule has 40 heavy (non-hydrogen) atoms. The molecule has 0 heterocycles. The number of halogens is 1. The fourth-order valence-corrected chi connectivity index (χ4v) is 4.88. The molecular formula is C33H31FO6. The number of esters is 1. The lowest BCUT2D eigenvalue weighted by Gasteiger charge is -2.41. The molecule has 4 aromatic rings. The van der Waals surface area contributed by atoms with E-state index in [0.717, 1.165) is 16.9 Å². The Morgan fingerprint density at radius 2 is 1.43 bits per heavy atom. The van der Waals surface area contributed by atoms with E-state index in [1.807, 2.05) is 37.3 Å². The molecule has 1 aliphatic rings. The van der Waals surface area contributed by atoms with Crippen LogP contribution in [0.4, 0.5) is 4.39 Å². The van der Waals surface area contributed by atoms with Gasteiger partial charge >= 0.3 is 11.9 Å². The van der Waals surface area contributed by atoms with Crippen molar-refractivity contribution in [1.29, 1.82) is 0 Å². The Morgan fingerprint density at radius 1 is 0.775 bits per heavy atom. The molecule has 0 bridgehead atoms. The Balaban J connectivity index is 0.000000350. The maximum Gasteiger partial charge on any atom is 0.315 e. The summed E-state index contributed by atoms with van der Waals surface area (Å²) in [4.78, 5) is 24.6. The van der Waals surface area contributed by atoms with Gasteiger partial charge in [-0.1, -0.05) is 60.7 Å². The number of benzene rings is 4. The standard InChI is InChI=1S/C25H21FO5.C8H10O/c1-30-22-8-3-2-7-19(22)23-20(24(27)28)14-21(23)25(29)31-18-6-4-5-16(13-18)15-9-11-17(26)12-10-15;1-7-5-3-4-6-8(7)9-2/h2-13,20-21,23H,14H2,1H3,(H,27,28);3-6H,1-2H3. The van der Waals surface area contributed by atoms with Crippen LogP contribution in [0.3, 0.4) is 0 Å². The number of carbonyl (C=O) groups is 2. The van der Waals surface area contributed by atoms with E-state index in [1.165, 1.54) is 24.8 Å². The summed E-state index contributed by atoms with van der Waals surface area (Å²) in [7, 11) is 3.20. The molecule has 0 radical (unpaired) electrons. The number of hydrogen-bond acceptors (Lipinski definition) is 5. The van der Waals surface area contributed by atoms with Gasteiger partial charge in [0.05, 0.1) is 26.1 Å². The summed E-state index contributed by atoms with van der Waals surface area (Å²) in [6, 6.07) is 28.1. The van der Waals surface area contributed by atoms with Gasteiger partial charge in [-0.05, 0) is 72.0 Å². The van der Waals surface area contributed by atoms with Crippen molar-refractivity contribution in [2.24, 2.45) is 11.8 Å². The monoisotopic (exact) mass is 542 g/mol. The summed E-state index contributed by atoms with van der Waals surface area (Å²) in [5, 5.41) is 9.58. The molecular weight excluding hydrogens is 511 g/mol. The quantitative estimate of drug-likeness (QED) is 0.202. The smallest absolute Gasteiger partial charge is 0.315 e. The van der Waals surface area contributed by atoms with Crippen LogP contribution < -0.4 is 14.2 Å². The van der Waals surface area contributed by atoms with Crippen LogP contribution in [0.2, 0.25) is 0 Å². The maximum absolute atomic E-state index is 13.2. The SMILES string of the molecule is COc1ccccc1C.COc1ccccc1C1C(C(=O)O)CC1C(=O)Oc1cccc(-c2ccc(F)cc2)c1. The van der Waals surface area contributed by atoms with E-state index in [2.05, 4.69) is 0 Å². The van der Waals surface area contributed by atoms with E-state index < -0.39 is 29.7 Å². The highest BCUT2D eigenvalue weighted by atomic mass is 19.1. The highest BCUT2D eigenvalue weighted by Gasteiger charge is 2.51. The molecule has 4 aromatic carbocycles. The number of aliphatic carboxylic acids is 1. The minimum absolute atomic E-state index is 0.203. The van der Waals surface area contributed by atoms with Crippen LogP contribution in [0.5, 0.6) is 17.2 Å². The van der Waals surface area contributed by atoms with Crippen LogP contribution in [-0.2, 0) is 9.59 Å². The third-order valence-electron chi connectivity index (χ3n) is 7.04. The normalized spacial score (nSPS) is 17.4. The summed E-state index contributed by atoms with van der Waals surface area (Å²) in [6.07, 6.45) is 0.203. The van der Waals surface area contributed by atoms with Crippen molar-refractivity contribution < 1.29 is 33.3 Å². The Morgan fingerprint density at radius 3 is 2.05 bits per heavy atom. The Hall–Kier alpha value is -4.65. The lowest BCUT2D eigenvalue weighted by Crippen LogP contribution is -2.45. The molecule has 3 unspecified atom stereocenters. The fourth-order valence-electron chi connectivity index (χ4n) is 4.88. The lowest BCUT2D eigenvalue weighted by atomic mass is 9.61. The van der Waals surface area contributed by atoms with Gasteiger partial charge in [-0.15, -0.1) is 0 Å². The third-order valence-corrected chi connectivity index (χ3v) is 7.04. The first-order chi connectivity index (χ1) is 19.3. The highest BCUT2D eigenvalue weighted by molar-refractivity contribution is 5.83. The van der Waals surface area contributed by atoms with Gasteiger partial charge < -0.3 is 19.3 Å². The van der Waals surface area contributed by atoms with Crippen LogP contribution in [0.15, 0.2) is 97.1 Å². The van der Waals surface area contributed by atoms with Crippen LogP contribution in [0.1, 0.15) is 23.5 Å². The zero-order valence-corrected chi connectivity index (χ0v) is 22.5. The summed E-state index contributed by atoms with van der Waals surface area (Å²) in [5.74, 6) is -1.70. The van der Waals surface area contributed by atoms with Gasteiger partial charge in [0, 0.05) is 5.92 Å². The van der Waals surface area contributed by atoms with E-state index >= 15 is 0 Å². The van der Waals surface area contributed by atoms with E-state index in [0.29, 0.717) is 17.1 Å². The zero-order valence-electron chi connectivity index (χ0n) is 22.5. The van der Waals surface area contributed by atoms with Gasteiger partial charge in [-0.2, -0.15) is 0 Å². The van der Waals surface area contributed by atoms with E-state index in [1.54, 1.807) is 61.7 Å². The molecule has 0 aromatic heterocycles. The van der Waals surface area contributed by atoms with Gasteiger partial charge in [0.2, 0.25) is 0 Å². The van der Waals surface area contributed by atoms with Crippen molar-refractivity contribution >= 4 is 11.9 Å². The first-order valence-corrected chi connectivity index (χ1v) is 12.9.